The average Bonchev–Trinajstić information content (AvgIpc) is 2.62. The van der Waals surface area contributed by atoms with Crippen LogP contribution in [-0.4, -0.2) is 26.9 Å². The number of hydrogen-bond acceptors (Lipinski definition) is 6. The van der Waals surface area contributed by atoms with Crippen molar-refractivity contribution in [2.45, 2.75) is 19.9 Å². The first kappa shape index (κ1) is 16.6. The number of nitrogens with two attached hydrogens (primary N) is 1. The Balaban J connectivity index is 2.21. The lowest BCUT2D eigenvalue weighted by Crippen LogP contribution is -2.24. The minimum atomic E-state index is -0.155. The van der Waals surface area contributed by atoms with Gasteiger partial charge in [0.05, 0.1) is 24.5 Å². The summed E-state index contributed by atoms with van der Waals surface area (Å²) in [4.78, 5) is 20.4. The third-order valence-corrected chi connectivity index (χ3v) is 3.74. The van der Waals surface area contributed by atoms with Crippen LogP contribution in [0.3, 0.4) is 0 Å². The van der Waals surface area contributed by atoms with Crippen LogP contribution in [0, 0.1) is 0 Å². The largest absolute Gasteiger partial charge is 0.497 e. The maximum absolute atomic E-state index is 12.0. The molecule has 0 aliphatic carbocycles. The van der Waals surface area contributed by atoms with Crippen molar-refractivity contribution in [1.82, 2.24) is 19.7 Å². The molecular formula is C18H19N5O2. The van der Waals surface area contributed by atoms with Crippen molar-refractivity contribution < 1.29 is 4.74 Å². The summed E-state index contributed by atoms with van der Waals surface area (Å²) in [6.07, 6.45) is 1.62. The number of nitrogen functional groups attached to an aromatic ring is 1. The predicted molar refractivity (Wildman–Crippen MR) is 96.3 cm³/mol. The van der Waals surface area contributed by atoms with E-state index in [1.54, 1.807) is 19.4 Å². The first-order chi connectivity index (χ1) is 12.0. The molecule has 0 spiro atoms. The summed E-state index contributed by atoms with van der Waals surface area (Å²) in [6.45, 7) is 3.81. The Morgan fingerprint density at radius 1 is 1.20 bits per heavy atom. The van der Waals surface area contributed by atoms with E-state index in [0.717, 1.165) is 5.56 Å². The van der Waals surface area contributed by atoms with Crippen molar-refractivity contribution in [1.29, 1.82) is 0 Å². The van der Waals surface area contributed by atoms with E-state index in [-0.39, 0.29) is 17.5 Å². The van der Waals surface area contributed by atoms with Crippen LogP contribution in [0.5, 0.6) is 5.75 Å². The number of ether oxygens (including phenoxy) is 1. The molecule has 25 heavy (non-hydrogen) atoms. The van der Waals surface area contributed by atoms with Gasteiger partial charge in [-0.15, -0.1) is 0 Å². The van der Waals surface area contributed by atoms with Crippen LogP contribution < -0.4 is 16.0 Å². The molecule has 0 fully saturated rings. The normalized spacial score (nSPS) is 10.9. The molecule has 0 unspecified atom stereocenters. The second kappa shape index (κ2) is 6.72. The molecule has 0 bridgehead atoms. The molecule has 0 saturated heterocycles. The molecule has 3 rings (SSSR count). The van der Waals surface area contributed by atoms with Crippen molar-refractivity contribution in [3.8, 4) is 28.3 Å². The van der Waals surface area contributed by atoms with Gasteiger partial charge in [-0.1, -0.05) is 12.1 Å². The Labute approximate surface area is 145 Å². The standard InChI is InChI=1S/C18H19N5O2/c1-11(2)23-16(24)8-7-15(22-23)14-10-20-18(19)21-17(14)12-5-4-6-13(9-12)25-3/h4-11H,1-3H3,(H2,19,20,21). The van der Waals surface area contributed by atoms with Gasteiger partial charge in [0.25, 0.3) is 5.56 Å². The van der Waals surface area contributed by atoms with Gasteiger partial charge in [-0.2, -0.15) is 5.10 Å². The van der Waals surface area contributed by atoms with E-state index in [2.05, 4.69) is 15.1 Å². The highest BCUT2D eigenvalue weighted by molar-refractivity contribution is 5.79. The zero-order valence-electron chi connectivity index (χ0n) is 14.3. The van der Waals surface area contributed by atoms with E-state index in [0.29, 0.717) is 22.7 Å². The van der Waals surface area contributed by atoms with E-state index in [9.17, 15) is 4.79 Å². The lowest BCUT2D eigenvalue weighted by atomic mass is 10.0. The Kier molecular flexibility index (Phi) is 4.47. The van der Waals surface area contributed by atoms with Crippen LogP contribution in [0.1, 0.15) is 19.9 Å². The highest BCUT2D eigenvalue weighted by Crippen LogP contribution is 2.30. The first-order valence-corrected chi connectivity index (χ1v) is 7.87. The molecule has 2 heterocycles. The quantitative estimate of drug-likeness (QED) is 0.786. The Morgan fingerprint density at radius 2 is 2.00 bits per heavy atom. The number of rotatable bonds is 4. The molecule has 128 valence electrons. The highest BCUT2D eigenvalue weighted by Gasteiger charge is 2.14. The van der Waals surface area contributed by atoms with Gasteiger partial charge in [-0.3, -0.25) is 4.79 Å². The molecule has 0 saturated carbocycles. The lowest BCUT2D eigenvalue weighted by Gasteiger charge is -2.13. The van der Waals surface area contributed by atoms with Crippen molar-refractivity contribution in [2.75, 3.05) is 12.8 Å². The molecule has 0 atom stereocenters. The molecule has 1 aromatic carbocycles. The van der Waals surface area contributed by atoms with Gasteiger partial charge in [0, 0.05) is 23.4 Å². The summed E-state index contributed by atoms with van der Waals surface area (Å²) in [5, 5.41) is 4.45. The van der Waals surface area contributed by atoms with Crippen LogP contribution in [0.15, 0.2) is 47.4 Å². The van der Waals surface area contributed by atoms with E-state index in [1.807, 2.05) is 38.1 Å². The molecule has 2 aromatic heterocycles. The number of anilines is 1. The van der Waals surface area contributed by atoms with E-state index in [1.165, 1.54) is 10.7 Å². The highest BCUT2D eigenvalue weighted by atomic mass is 16.5. The number of nitrogens with zero attached hydrogens (tertiary/aromatic N) is 4. The molecule has 3 aromatic rings. The van der Waals surface area contributed by atoms with Gasteiger partial charge >= 0.3 is 0 Å². The van der Waals surface area contributed by atoms with E-state index < -0.39 is 0 Å². The first-order valence-electron chi connectivity index (χ1n) is 7.87. The van der Waals surface area contributed by atoms with Gasteiger partial charge < -0.3 is 10.5 Å². The third kappa shape index (κ3) is 3.35. The summed E-state index contributed by atoms with van der Waals surface area (Å²) in [5.74, 6) is 0.875. The van der Waals surface area contributed by atoms with Crippen LogP contribution in [-0.2, 0) is 0 Å². The molecule has 2 N–H and O–H groups in total. The summed E-state index contributed by atoms with van der Waals surface area (Å²) in [7, 11) is 1.61. The van der Waals surface area contributed by atoms with Gasteiger partial charge in [0.15, 0.2) is 0 Å². The van der Waals surface area contributed by atoms with Crippen LogP contribution in [0.25, 0.3) is 22.5 Å². The zero-order valence-corrected chi connectivity index (χ0v) is 14.3. The van der Waals surface area contributed by atoms with Crippen LogP contribution >= 0.6 is 0 Å². The SMILES string of the molecule is COc1cccc(-c2nc(N)ncc2-c2ccc(=O)n(C(C)C)n2)c1. The van der Waals surface area contributed by atoms with Gasteiger partial charge in [0.1, 0.15) is 5.75 Å². The Bertz CT molecular complexity index is 966. The topological polar surface area (TPSA) is 95.9 Å². The zero-order chi connectivity index (χ0) is 18.0. The number of aromatic nitrogens is 4. The second-order valence-electron chi connectivity index (χ2n) is 5.82. The maximum atomic E-state index is 12.0. The fourth-order valence-electron chi connectivity index (χ4n) is 2.51. The molecule has 0 aliphatic heterocycles. The van der Waals surface area contributed by atoms with Gasteiger partial charge in [0.2, 0.25) is 5.95 Å². The molecule has 7 heteroatoms. The van der Waals surface area contributed by atoms with Crippen molar-refractivity contribution in [3.05, 3.63) is 52.9 Å². The smallest absolute Gasteiger partial charge is 0.267 e. The predicted octanol–water partition coefficient (Wildman–Crippen LogP) is 2.54. The van der Waals surface area contributed by atoms with Gasteiger partial charge in [-0.05, 0) is 32.0 Å². The van der Waals surface area contributed by atoms with Crippen molar-refractivity contribution >= 4 is 5.95 Å². The van der Waals surface area contributed by atoms with Crippen LogP contribution in [0.4, 0.5) is 5.95 Å². The molecule has 0 radical (unpaired) electrons. The second-order valence-corrected chi connectivity index (χ2v) is 5.82. The number of benzene rings is 1. The molecule has 7 nitrogen and oxygen atoms in total. The van der Waals surface area contributed by atoms with E-state index in [4.69, 9.17) is 10.5 Å². The van der Waals surface area contributed by atoms with Crippen molar-refractivity contribution in [3.63, 3.8) is 0 Å². The Hall–Kier alpha value is -3.22. The van der Waals surface area contributed by atoms with E-state index >= 15 is 0 Å². The fraction of sp³-hybridized carbons (Fsp3) is 0.222. The summed E-state index contributed by atoms with van der Waals surface area (Å²) < 4.78 is 6.71. The monoisotopic (exact) mass is 337 g/mol. The summed E-state index contributed by atoms with van der Waals surface area (Å²) in [6, 6.07) is 10.6. The summed E-state index contributed by atoms with van der Waals surface area (Å²) in [5.41, 5.74) is 8.39. The number of methoxy groups -OCH3 is 1. The molecule has 0 amide bonds. The number of hydrogen-bond donors (Lipinski definition) is 1. The maximum Gasteiger partial charge on any atom is 0.267 e. The van der Waals surface area contributed by atoms with Gasteiger partial charge in [-0.25, -0.2) is 14.6 Å². The fourth-order valence-corrected chi connectivity index (χ4v) is 2.51. The molecular weight excluding hydrogens is 318 g/mol. The minimum Gasteiger partial charge on any atom is -0.497 e. The Morgan fingerprint density at radius 3 is 2.72 bits per heavy atom. The third-order valence-electron chi connectivity index (χ3n) is 3.74. The minimum absolute atomic E-state index is 0.0533. The lowest BCUT2D eigenvalue weighted by molar-refractivity contribution is 0.415. The molecule has 0 aliphatic rings. The van der Waals surface area contributed by atoms with Crippen molar-refractivity contribution in [2.24, 2.45) is 0 Å². The van der Waals surface area contributed by atoms with Crippen LogP contribution in [0.2, 0.25) is 0 Å². The average molecular weight is 337 g/mol. The summed E-state index contributed by atoms with van der Waals surface area (Å²) >= 11 is 0.